The summed E-state index contributed by atoms with van der Waals surface area (Å²) in [6, 6.07) is 8.90. The Kier molecular flexibility index (Phi) is 8.92. The largest absolute Gasteiger partial charge is 0.497 e. The second kappa shape index (κ2) is 12.1. The third-order valence-electron chi connectivity index (χ3n) is 5.79. The van der Waals surface area contributed by atoms with Gasteiger partial charge in [0.25, 0.3) is 5.91 Å². The third kappa shape index (κ3) is 6.60. The molecule has 8 nitrogen and oxygen atoms in total. The minimum absolute atomic E-state index is 0.00601. The van der Waals surface area contributed by atoms with Gasteiger partial charge in [-0.2, -0.15) is 0 Å². The fourth-order valence-electron chi connectivity index (χ4n) is 3.79. The molecule has 0 aliphatic carbocycles. The molecule has 1 aromatic heterocycles. The lowest BCUT2D eigenvalue weighted by atomic mass is 9.95. The van der Waals surface area contributed by atoms with Crippen LogP contribution in [0.5, 0.6) is 17.4 Å². The number of unbranched alkanes of at least 4 members (excludes halogenated alkanes) is 1. The number of pyridine rings is 1. The van der Waals surface area contributed by atoms with E-state index in [9.17, 15) is 9.59 Å². The highest BCUT2D eigenvalue weighted by Crippen LogP contribution is 2.25. The number of aromatic nitrogens is 1. The van der Waals surface area contributed by atoms with Gasteiger partial charge in [0, 0.05) is 48.9 Å². The maximum atomic E-state index is 13.0. The Balaban J connectivity index is 1.52. The van der Waals surface area contributed by atoms with Gasteiger partial charge in [-0.05, 0) is 37.5 Å². The summed E-state index contributed by atoms with van der Waals surface area (Å²) in [6.45, 7) is 4.13. The predicted molar refractivity (Wildman–Crippen MR) is 125 cm³/mol. The normalized spacial score (nSPS) is 14.0. The molecule has 0 bridgehead atoms. The summed E-state index contributed by atoms with van der Waals surface area (Å²) in [5.41, 5.74) is 1.38. The van der Waals surface area contributed by atoms with Crippen molar-refractivity contribution >= 4 is 11.8 Å². The number of rotatable bonds is 10. The molecule has 2 amide bonds. The Morgan fingerprint density at radius 3 is 2.45 bits per heavy atom. The number of hydrogen-bond donors (Lipinski definition) is 1. The van der Waals surface area contributed by atoms with Gasteiger partial charge in [0.1, 0.15) is 11.5 Å². The van der Waals surface area contributed by atoms with Crippen molar-refractivity contribution in [2.75, 3.05) is 33.9 Å². The number of hydrogen-bond acceptors (Lipinski definition) is 6. The summed E-state index contributed by atoms with van der Waals surface area (Å²) >= 11 is 0. The van der Waals surface area contributed by atoms with Crippen LogP contribution in [0.1, 0.15) is 48.5 Å². The number of benzene rings is 1. The minimum atomic E-state index is -0.130. The number of nitrogens with one attached hydrogen (secondary N) is 1. The van der Waals surface area contributed by atoms with Crippen LogP contribution in [-0.2, 0) is 11.3 Å². The molecule has 2 heterocycles. The fourth-order valence-corrected chi connectivity index (χ4v) is 3.79. The van der Waals surface area contributed by atoms with Crippen LogP contribution in [0.4, 0.5) is 0 Å². The SMILES string of the molecule is CCCCOc1ncccc1CNC(=O)C1CCN(C(=O)c2cc(OC)cc(OC)c2)CC1. The first-order valence-electron chi connectivity index (χ1n) is 11.4. The second-order valence-corrected chi connectivity index (χ2v) is 8.06. The maximum absolute atomic E-state index is 13.0. The van der Waals surface area contributed by atoms with Gasteiger partial charge in [-0.25, -0.2) is 4.98 Å². The van der Waals surface area contributed by atoms with Crippen molar-refractivity contribution in [3.8, 4) is 17.4 Å². The average molecular weight is 456 g/mol. The van der Waals surface area contributed by atoms with Crippen molar-refractivity contribution in [1.82, 2.24) is 15.2 Å². The van der Waals surface area contributed by atoms with Crippen LogP contribution in [0.2, 0.25) is 0 Å². The van der Waals surface area contributed by atoms with Gasteiger partial charge in [0.2, 0.25) is 11.8 Å². The molecule has 0 radical (unpaired) electrons. The number of piperidine rings is 1. The molecule has 1 fully saturated rings. The van der Waals surface area contributed by atoms with Crippen molar-refractivity contribution in [3.05, 3.63) is 47.7 Å². The van der Waals surface area contributed by atoms with E-state index in [-0.39, 0.29) is 17.7 Å². The van der Waals surface area contributed by atoms with Crippen LogP contribution in [0.3, 0.4) is 0 Å². The summed E-state index contributed by atoms with van der Waals surface area (Å²) in [7, 11) is 3.11. The number of nitrogens with zero attached hydrogens (tertiary/aromatic N) is 2. The van der Waals surface area contributed by atoms with Gasteiger partial charge >= 0.3 is 0 Å². The molecule has 1 aliphatic rings. The van der Waals surface area contributed by atoms with Gasteiger partial charge in [-0.15, -0.1) is 0 Å². The van der Waals surface area contributed by atoms with E-state index in [2.05, 4.69) is 17.2 Å². The summed E-state index contributed by atoms with van der Waals surface area (Å²) in [5, 5.41) is 3.01. The number of carbonyl (C=O) groups excluding carboxylic acids is 2. The average Bonchev–Trinajstić information content (AvgIpc) is 2.87. The molecule has 0 unspecified atom stereocenters. The molecular formula is C25H33N3O5. The Bertz CT molecular complexity index is 919. The van der Waals surface area contributed by atoms with E-state index < -0.39 is 0 Å². The molecular weight excluding hydrogens is 422 g/mol. The summed E-state index contributed by atoms with van der Waals surface area (Å²) in [4.78, 5) is 31.8. The van der Waals surface area contributed by atoms with E-state index in [4.69, 9.17) is 14.2 Å². The van der Waals surface area contributed by atoms with Gasteiger partial charge in [0.05, 0.1) is 20.8 Å². The summed E-state index contributed by atoms with van der Waals surface area (Å²) in [6.07, 6.45) is 4.93. The Morgan fingerprint density at radius 1 is 1.12 bits per heavy atom. The molecule has 33 heavy (non-hydrogen) atoms. The summed E-state index contributed by atoms with van der Waals surface area (Å²) in [5.74, 6) is 1.49. The molecule has 0 spiro atoms. The monoisotopic (exact) mass is 455 g/mol. The van der Waals surface area contributed by atoms with Crippen LogP contribution >= 0.6 is 0 Å². The number of likely N-dealkylation sites (tertiary alicyclic amines) is 1. The van der Waals surface area contributed by atoms with Crippen LogP contribution in [0, 0.1) is 5.92 Å². The first-order chi connectivity index (χ1) is 16.0. The van der Waals surface area contributed by atoms with Crippen molar-refractivity contribution in [3.63, 3.8) is 0 Å². The van der Waals surface area contributed by atoms with Crippen LogP contribution in [0.25, 0.3) is 0 Å². The third-order valence-corrected chi connectivity index (χ3v) is 5.79. The van der Waals surface area contributed by atoms with E-state index in [0.717, 1.165) is 18.4 Å². The molecule has 0 saturated carbocycles. The lowest BCUT2D eigenvalue weighted by Gasteiger charge is -2.31. The van der Waals surface area contributed by atoms with Gasteiger partial charge in [-0.1, -0.05) is 19.4 Å². The molecule has 1 aliphatic heterocycles. The molecule has 2 aromatic rings. The zero-order chi connectivity index (χ0) is 23.6. The Hall–Kier alpha value is -3.29. The first-order valence-corrected chi connectivity index (χ1v) is 11.4. The molecule has 8 heteroatoms. The quantitative estimate of drug-likeness (QED) is 0.552. The maximum Gasteiger partial charge on any atom is 0.254 e. The van der Waals surface area contributed by atoms with E-state index >= 15 is 0 Å². The fraction of sp³-hybridized carbons (Fsp3) is 0.480. The zero-order valence-electron chi connectivity index (χ0n) is 19.6. The molecule has 1 N–H and O–H groups in total. The van der Waals surface area contributed by atoms with Gasteiger partial charge in [-0.3, -0.25) is 9.59 Å². The number of amides is 2. The highest BCUT2D eigenvalue weighted by molar-refractivity contribution is 5.95. The van der Waals surface area contributed by atoms with Crippen LogP contribution < -0.4 is 19.5 Å². The van der Waals surface area contributed by atoms with Gasteiger partial charge < -0.3 is 24.4 Å². The molecule has 1 aromatic carbocycles. The van der Waals surface area contributed by atoms with Crippen molar-refractivity contribution in [2.45, 2.75) is 39.2 Å². The van der Waals surface area contributed by atoms with Crippen LogP contribution in [0.15, 0.2) is 36.5 Å². The highest BCUT2D eigenvalue weighted by atomic mass is 16.5. The lowest BCUT2D eigenvalue weighted by Crippen LogP contribution is -2.43. The second-order valence-electron chi connectivity index (χ2n) is 8.06. The van der Waals surface area contributed by atoms with Crippen LogP contribution in [-0.4, -0.2) is 55.6 Å². The van der Waals surface area contributed by atoms with Crippen molar-refractivity contribution < 1.29 is 23.8 Å². The van der Waals surface area contributed by atoms with E-state index in [1.54, 1.807) is 43.5 Å². The van der Waals surface area contributed by atoms with E-state index in [0.29, 0.717) is 62.0 Å². The molecule has 3 rings (SSSR count). The Labute approximate surface area is 195 Å². The lowest BCUT2D eigenvalue weighted by molar-refractivity contribution is -0.126. The van der Waals surface area contributed by atoms with E-state index in [1.807, 2.05) is 12.1 Å². The number of carbonyl (C=O) groups is 2. The Morgan fingerprint density at radius 2 is 1.82 bits per heavy atom. The van der Waals surface area contributed by atoms with Crippen molar-refractivity contribution in [1.29, 1.82) is 0 Å². The molecule has 0 atom stereocenters. The standard InChI is InChI=1S/C25H33N3O5/c1-4-5-13-33-24-19(7-6-10-26-24)17-27-23(29)18-8-11-28(12-9-18)25(30)20-14-21(31-2)16-22(15-20)32-3/h6-7,10,14-16,18H,4-5,8-9,11-13,17H2,1-3H3,(H,27,29). The molecule has 178 valence electrons. The smallest absolute Gasteiger partial charge is 0.254 e. The topological polar surface area (TPSA) is 90.0 Å². The van der Waals surface area contributed by atoms with Gasteiger partial charge in [0.15, 0.2) is 0 Å². The summed E-state index contributed by atoms with van der Waals surface area (Å²) < 4.78 is 16.3. The zero-order valence-corrected chi connectivity index (χ0v) is 19.6. The minimum Gasteiger partial charge on any atom is -0.497 e. The first kappa shape index (κ1) is 24.4. The predicted octanol–water partition coefficient (Wildman–Crippen LogP) is 3.45. The highest BCUT2D eigenvalue weighted by Gasteiger charge is 2.28. The number of methoxy groups -OCH3 is 2. The molecule has 1 saturated heterocycles. The van der Waals surface area contributed by atoms with Crippen molar-refractivity contribution in [2.24, 2.45) is 5.92 Å². The van der Waals surface area contributed by atoms with E-state index in [1.165, 1.54) is 0 Å². The number of ether oxygens (including phenoxy) is 3.